The van der Waals surface area contributed by atoms with Crippen molar-refractivity contribution in [1.82, 2.24) is 4.90 Å². The number of carbonyl (C=O) groups excluding carboxylic acids is 2. The number of nitrogens with zero attached hydrogens (tertiary/aromatic N) is 1. The summed E-state index contributed by atoms with van der Waals surface area (Å²) in [5, 5.41) is 0. The summed E-state index contributed by atoms with van der Waals surface area (Å²) in [6.45, 7) is 4.94. The normalized spacial score (nSPS) is 19.5. The van der Waals surface area contributed by atoms with Crippen LogP contribution in [0.25, 0.3) is 0 Å². The Labute approximate surface area is 136 Å². The maximum atomic E-state index is 12.2. The van der Waals surface area contributed by atoms with Gasteiger partial charge in [-0.15, -0.1) is 0 Å². The molecular weight excluding hydrogens is 294 g/mol. The highest BCUT2D eigenvalue weighted by atomic mass is 16.6. The van der Waals surface area contributed by atoms with Crippen LogP contribution in [-0.2, 0) is 20.9 Å². The Bertz CT molecular complexity index is 568. The minimum Gasteiger partial charge on any atom is -0.463 e. The number of likely N-dealkylation sites (tertiary alicyclic amines) is 1. The fourth-order valence-corrected chi connectivity index (χ4v) is 2.63. The van der Waals surface area contributed by atoms with Crippen molar-refractivity contribution in [3.05, 3.63) is 47.5 Å². The number of rotatable bonds is 4. The second-order valence-corrected chi connectivity index (χ2v) is 5.59. The van der Waals surface area contributed by atoms with Crippen LogP contribution in [0.4, 0.5) is 4.79 Å². The van der Waals surface area contributed by atoms with Crippen molar-refractivity contribution in [1.29, 1.82) is 0 Å². The maximum Gasteiger partial charge on any atom is 0.410 e. The van der Waals surface area contributed by atoms with Crippen LogP contribution in [-0.4, -0.2) is 36.2 Å². The van der Waals surface area contributed by atoms with Gasteiger partial charge >= 0.3 is 12.1 Å². The van der Waals surface area contributed by atoms with Crippen LogP contribution in [0.15, 0.2) is 42.0 Å². The average molecular weight is 317 g/mol. The van der Waals surface area contributed by atoms with E-state index in [0.717, 1.165) is 11.1 Å². The number of hydrogen-bond acceptors (Lipinski definition) is 4. The lowest BCUT2D eigenvalue weighted by atomic mass is 9.98. The number of amides is 1. The molecule has 1 aromatic carbocycles. The molecule has 1 saturated heterocycles. The van der Waals surface area contributed by atoms with Crippen molar-refractivity contribution in [2.75, 3.05) is 13.2 Å². The van der Waals surface area contributed by atoms with Crippen LogP contribution < -0.4 is 0 Å². The quantitative estimate of drug-likeness (QED) is 0.631. The van der Waals surface area contributed by atoms with Crippen molar-refractivity contribution in [3.8, 4) is 0 Å². The number of carbonyl (C=O) groups is 2. The first-order chi connectivity index (χ1) is 11.1. The zero-order chi connectivity index (χ0) is 16.7. The third kappa shape index (κ3) is 5.13. The van der Waals surface area contributed by atoms with E-state index < -0.39 is 0 Å². The zero-order valence-corrected chi connectivity index (χ0v) is 13.7. The SMILES string of the molecule is CCOC(=O)/C=C1/CCN(C(=O)OCc2ccccc2)C(C)C1. The largest absolute Gasteiger partial charge is 0.463 e. The van der Waals surface area contributed by atoms with E-state index in [2.05, 4.69) is 0 Å². The molecule has 1 amide bonds. The Balaban J connectivity index is 1.85. The van der Waals surface area contributed by atoms with Gasteiger partial charge in [-0.25, -0.2) is 9.59 Å². The van der Waals surface area contributed by atoms with Gasteiger partial charge in [0, 0.05) is 18.7 Å². The van der Waals surface area contributed by atoms with Crippen LogP contribution >= 0.6 is 0 Å². The fraction of sp³-hybridized carbons (Fsp3) is 0.444. The molecule has 0 radical (unpaired) electrons. The Morgan fingerprint density at radius 1 is 1.26 bits per heavy atom. The van der Waals surface area contributed by atoms with E-state index in [1.165, 1.54) is 0 Å². The topological polar surface area (TPSA) is 55.8 Å². The molecule has 0 bridgehead atoms. The van der Waals surface area contributed by atoms with Gasteiger partial charge in [-0.2, -0.15) is 0 Å². The van der Waals surface area contributed by atoms with Crippen molar-refractivity contribution in [2.45, 2.75) is 39.3 Å². The third-order valence-corrected chi connectivity index (χ3v) is 3.81. The molecule has 1 heterocycles. The maximum absolute atomic E-state index is 12.2. The Kier molecular flexibility index (Phi) is 6.20. The average Bonchev–Trinajstić information content (AvgIpc) is 2.54. The predicted molar refractivity (Wildman–Crippen MR) is 86.7 cm³/mol. The smallest absolute Gasteiger partial charge is 0.410 e. The first kappa shape index (κ1) is 17.1. The molecule has 1 aliphatic heterocycles. The van der Waals surface area contributed by atoms with Gasteiger partial charge in [0.05, 0.1) is 6.61 Å². The molecule has 124 valence electrons. The van der Waals surface area contributed by atoms with Gasteiger partial charge in [-0.3, -0.25) is 0 Å². The van der Waals surface area contributed by atoms with Gasteiger partial charge in [0.2, 0.25) is 0 Å². The van der Waals surface area contributed by atoms with Gasteiger partial charge in [-0.05, 0) is 32.3 Å². The number of hydrogen-bond donors (Lipinski definition) is 0. The number of piperidine rings is 1. The molecule has 23 heavy (non-hydrogen) atoms. The third-order valence-electron chi connectivity index (χ3n) is 3.81. The summed E-state index contributed by atoms with van der Waals surface area (Å²) in [7, 11) is 0. The van der Waals surface area contributed by atoms with Crippen LogP contribution in [0.3, 0.4) is 0 Å². The Morgan fingerprint density at radius 2 is 2.00 bits per heavy atom. The highest BCUT2D eigenvalue weighted by Crippen LogP contribution is 2.23. The molecule has 0 N–H and O–H groups in total. The standard InChI is InChI=1S/C18H23NO4/c1-3-22-17(20)12-16-9-10-19(14(2)11-16)18(21)23-13-15-7-5-4-6-8-15/h4-8,12,14H,3,9-11,13H2,1-2H3/b16-12-. The Hall–Kier alpha value is -2.30. The van der Waals surface area contributed by atoms with Crippen LogP contribution in [0.1, 0.15) is 32.3 Å². The first-order valence-electron chi connectivity index (χ1n) is 7.93. The van der Waals surface area contributed by atoms with E-state index in [1.54, 1.807) is 17.9 Å². The highest BCUT2D eigenvalue weighted by molar-refractivity contribution is 5.83. The van der Waals surface area contributed by atoms with E-state index in [0.29, 0.717) is 26.0 Å². The molecule has 5 heteroatoms. The monoisotopic (exact) mass is 317 g/mol. The highest BCUT2D eigenvalue weighted by Gasteiger charge is 2.27. The fourth-order valence-electron chi connectivity index (χ4n) is 2.63. The van der Waals surface area contributed by atoms with Crippen molar-refractivity contribution < 1.29 is 19.1 Å². The summed E-state index contributed by atoms with van der Waals surface area (Å²) in [5.41, 5.74) is 1.98. The van der Waals surface area contributed by atoms with Crippen LogP contribution in [0.2, 0.25) is 0 Å². The minimum atomic E-state index is -0.310. The summed E-state index contributed by atoms with van der Waals surface area (Å²) >= 11 is 0. The number of ether oxygens (including phenoxy) is 2. The number of benzene rings is 1. The first-order valence-corrected chi connectivity index (χ1v) is 7.93. The zero-order valence-electron chi connectivity index (χ0n) is 13.7. The molecule has 1 atom stereocenters. The molecule has 0 aliphatic carbocycles. The van der Waals surface area contributed by atoms with E-state index in [9.17, 15) is 9.59 Å². The van der Waals surface area contributed by atoms with Crippen molar-refractivity contribution in [2.24, 2.45) is 0 Å². The molecule has 1 unspecified atom stereocenters. The van der Waals surface area contributed by atoms with Crippen LogP contribution in [0, 0.1) is 0 Å². The van der Waals surface area contributed by atoms with E-state index in [4.69, 9.17) is 9.47 Å². The molecule has 1 aliphatic rings. The molecule has 0 aromatic heterocycles. The minimum absolute atomic E-state index is 0.00713. The lowest BCUT2D eigenvalue weighted by Gasteiger charge is -2.33. The second-order valence-electron chi connectivity index (χ2n) is 5.59. The number of esters is 1. The van der Waals surface area contributed by atoms with Crippen molar-refractivity contribution >= 4 is 12.1 Å². The van der Waals surface area contributed by atoms with Crippen molar-refractivity contribution in [3.63, 3.8) is 0 Å². The molecule has 0 saturated carbocycles. The Morgan fingerprint density at radius 3 is 2.65 bits per heavy atom. The van der Waals surface area contributed by atoms with Gasteiger partial charge in [0.25, 0.3) is 0 Å². The molecule has 5 nitrogen and oxygen atoms in total. The molecule has 2 rings (SSSR count). The summed E-state index contributed by atoms with van der Waals surface area (Å²) in [5.74, 6) is -0.310. The predicted octanol–water partition coefficient (Wildman–Crippen LogP) is 3.30. The van der Waals surface area contributed by atoms with E-state index in [-0.39, 0.29) is 24.7 Å². The molecule has 1 fully saturated rings. The van der Waals surface area contributed by atoms with Crippen LogP contribution in [0.5, 0.6) is 0 Å². The van der Waals surface area contributed by atoms with Gasteiger partial charge < -0.3 is 14.4 Å². The molecule has 1 aromatic rings. The summed E-state index contributed by atoms with van der Waals surface area (Å²) < 4.78 is 10.3. The van der Waals surface area contributed by atoms with Gasteiger partial charge in [0.15, 0.2) is 0 Å². The van der Waals surface area contributed by atoms with Gasteiger partial charge in [0.1, 0.15) is 6.61 Å². The van der Waals surface area contributed by atoms with E-state index in [1.807, 2.05) is 37.3 Å². The molecule has 0 spiro atoms. The lowest BCUT2D eigenvalue weighted by molar-refractivity contribution is -0.137. The summed E-state index contributed by atoms with van der Waals surface area (Å²) in [6.07, 6.45) is 2.58. The lowest BCUT2D eigenvalue weighted by Crippen LogP contribution is -2.43. The molecular formula is C18H23NO4. The summed E-state index contributed by atoms with van der Waals surface area (Å²) in [6, 6.07) is 9.61. The van der Waals surface area contributed by atoms with E-state index >= 15 is 0 Å². The summed E-state index contributed by atoms with van der Waals surface area (Å²) in [4.78, 5) is 25.4. The second kappa shape index (κ2) is 8.36. The van der Waals surface area contributed by atoms with Gasteiger partial charge in [-0.1, -0.05) is 35.9 Å².